The molecule has 0 amide bonds. The van der Waals surface area contributed by atoms with Gasteiger partial charge in [0.25, 0.3) is 0 Å². The van der Waals surface area contributed by atoms with Crippen LogP contribution in [-0.2, 0) is 4.74 Å². The number of ether oxygens (including phenoxy) is 1. The molecular weight excluding hydrogens is 266 g/mol. The average molecular weight is 284 g/mol. The predicted octanol–water partition coefficient (Wildman–Crippen LogP) is 2.79. The summed E-state index contributed by atoms with van der Waals surface area (Å²) in [5, 5.41) is 3.29. The zero-order chi connectivity index (χ0) is 11.4. The molecule has 2 rings (SSSR count). The number of rotatable bonds is 4. The standard InChI is InChI=1S/C13H18BrNO/c1-15-8-13(11-6-7-16-9-11)10-2-4-12(14)5-3-10/h2-5,11,13,15H,6-9H2,1H3. The highest BCUT2D eigenvalue weighted by molar-refractivity contribution is 9.10. The fourth-order valence-electron chi connectivity index (χ4n) is 2.36. The van der Waals surface area contributed by atoms with E-state index in [2.05, 4.69) is 45.5 Å². The minimum absolute atomic E-state index is 0.570. The maximum Gasteiger partial charge on any atom is 0.0501 e. The summed E-state index contributed by atoms with van der Waals surface area (Å²) in [6.07, 6.45) is 1.18. The van der Waals surface area contributed by atoms with Gasteiger partial charge in [-0.25, -0.2) is 0 Å². The van der Waals surface area contributed by atoms with Gasteiger partial charge in [0.1, 0.15) is 0 Å². The lowest BCUT2D eigenvalue weighted by Gasteiger charge is -2.22. The molecule has 2 unspecified atom stereocenters. The van der Waals surface area contributed by atoms with E-state index in [0.717, 1.165) is 24.2 Å². The van der Waals surface area contributed by atoms with E-state index < -0.39 is 0 Å². The predicted molar refractivity (Wildman–Crippen MR) is 69.7 cm³/mol. The maximum atomic E-state index is 5.49. The van der Waals surface area contributed by atoms with Gasteiger partial charge >= 0.3 is 0 Å². The van der Waals surface area contributed by atoms with Gasteiger partial charge in [-0.3, -0.25) is 0 Å². The fraction of sp³-hybridized carbons (Fsp3) is 0.538. The summed E-state index contributed by atoms with van der Waals surface area (Å²) < 4.78 is 6.63. The van der Waals surface area contributed by atoms with E-state index >= 15 is 0 Å². The van der Waals surface area contributed by atoms with Crippen molar-refractivity contribution in [2.45, 2.75) is 12.3 Å². The van der Waals surface area contributed by atoms with Crippen LogP contribution in [0.2, 0.25) is 0 Å². The van der Waals surface area contributed by atoms with Gasteiger partial charge in [0.15, 0.2) is 0 Å². The van der Waals surface area contributed by atoms with Crippen LogP contribution in [0.4, 0.5) is 0 Å². The lowest BCUT2D eigenvalue weighted by molar-refractivity contribution is 0.180. The molecular formula is C13H18BrNO. The van der Waals surface area contributed by atoms with E-state index in [1.54, 1.807) is 0 Å². The minimum atomic E-state index is 0.570. The molecule has 1 fully saturated rings. The third kappa shape index (κ3) is 2.84. The maximum absolute atomic E-state index is 5.49. The van der Waals surface area contributed by atoms with Crippen molar-refractivity contribution in [2.24, 2.45) is 5.92 Å². The van der Waals surface area contributed by atoms with Crippen molar-refractivity contribution in [3.63, 3.8) is 0 Å². The van der Waals surface area contributed by atoms with Crippen molar-refractivity contribution in [1.29, 1.82) is 0 Å². The summed E-state index contributed by atoms with van der Waals surface area (Å²) in [5.74, 6) is 1.23. The number of hydrogen-bond acceptors (Lipinski definition) is 2. The molecule has 1 saturated heterocycles. The fourth-order valence-corrected chi connectivity index (χ4v) is 2.62. The molecule has 1 aromatic carbocycles. The summed E-state index contributed by atoms with van der Waals surface area (Å²) in [4.78, 5) is 0. The molecule has 1 N–H and O–H groups in total. The van der Waals surface area contributed by atoms with Gasteiger partial charge in [-0.15, -0.1) is 0 Å². The molecule has 1 aliphatic rings. The van der Waals surface area contributed by atoms with Crippen LogP contribution in [0, 0.1) is 5.92 Å². The first-order chi connectivity index (χ1) is 7.81. The SMILES string of the molecule is CNCC(c1ccc(Br)cc1)C1CCOC1. The molecule has 88 valence electrons. The number of nitrogens with one attached hydrogen (secondary N) is 1. The van der Waals surface area contributed by atoms with Crippen LogP contribution in [0.5, 0.6) is 0 Å². The van der Waals surface area contributed by atoms with E-state index in [1.165, 1.54) is 12.0 Å². The monoisotopic (exact) mass is 283 g/mol. The van der Waals surface area contributed by atoms with Crippen LogP contribution in [0.1, 0.15) is 17.9 Å². The molecule has 0 aliphatic carbocycles. The normalized spacial score (nSPS) is 22.2. The summed E-state index contributed by atoms with van der Waals surface area (Å²) in [5.41, 5.74) is 1.41. The Hall–Kier alpha value is -0.380. The third-order valence-electron chi connectivity index (χ3n) is 3.26. The molecule has 0 aromatic heterocycles. The van der Waals surface area contributed by atoms with Crippen LogP contribution in [0.3, 0.4) is 0 Å². The Morgan fingerprint density at radius 2 is 2.19 bits per heavy atom. The van der Waals surface area contributed by atoms with Gasteiger partial charge in [0, 0.05) is 23.5 Å². The van der Waals surface area contributed by atoms with E-state index in [9.17, 15) is 0 Å². The summed E-state index contributed by atoms with van der Waals surface area (Å²) in [6.45, 7) is 2.85. The first kappa shape index (κ1) is 12.1. The Bertz CT molecular complexity index is 319. The van der Waals surface area contributed by atoms with Crippen molar-refractivity contribution in [3.8, 4) is 0 Å². The third-order valence-corrected chi connectivity index (χ3v) is 3.78. The zero-order valence-electron chi connectivity index (χ0n) is 9.58. The molecule has 0 saturated carbocycles. The van der Waals surface area contributed by atoms with E-state index in [0.29, 0.717) is 11.8 Å². The van der Waals surface area contributed by atoms with Crippen molar-refractivity contribution in [2.75, 3.05) is 26.8 Å². The summed E-state index contributed by atoms with van der Waals surface area (Å²) in [7, 11) is 2.02. The quantitative estimate of drug-likeness (QED) is 0.918. The van der Waals surface area contributed by atoms with Gasteiger partial charge in [-0.1, -0.05) is 28.1 Å². The number of benzene rings is 1. The van der Waals surface area contributed by atoms with Crippen molar-refractivity contribution < 1.29 is 4.74 Å². The number of likely N-dealkylation sites (N-methyl/N-ethyl adjacent to an activating group) is 1. The van der Waals surface area contributed by atoms with Crippen LogP contribution >= 0.6 is 15.9 Å². The highest BCUT2D eigenvalue weighted by atomic mass is 79.9. The first-order valence-corrected chi connectivity index (χ1v) is 6.58. The molecule has 0 bridgehead atoms. The van der Waals surface area contributed by atoms with Gasteiger partial charge in [0.05, 0.1) is 6.61 Å². The largest absolute Gasteiger partial charge is 0.381 e. The van der Waals surface area contributed by atoms with Crippen LogP contribution in [-0.4, -0.2) is 26.8 Å². The van der Waals surface area contributed by atoms with E-state index in [4.69, 9.17) is 4.74 Å². The molecule has 2 atom stereocenters. The number of halogens is 1. The molecule has 16 heavy (non-hydrogen) atoms. The summed E-state index contributed by atoms with van der Waals surface area (Å²) in [6, 6.07) is 8.66. The van der Waals surface area contributed by atoms with Crippen LogP contribution in [0.15, 0.2) is 28.7 Å². The van der Waals surface area contributed by atoms with E-state index in [-0.39, 0.29) is 0 Å². The molecule has 2 nitrogen and oxygen atoms in total. The van der Waals surface area contributed by atoms with Crippen molar-refractivity contribution in [1.82, 2.24) is 5.32 Å². The second-order valence-electron chi connectivity index (χ2n) is 4.34. The van der Waals surface area contributed by atoms with Gasteiger partial charge in [0.2, 0.25) is 0 Å². The Morgan fingerprint density at radius 3 is 2.75 bits per heavy atom. The van der Waals surface area contributed by atoms with Crippen molar-refractivity contribution in [3.05, 3.63) is 34.3 Å². The van der Waals surface area contributed by atoms with Crippen LogP contribution in [0.25, 0.3) is 0 Å². The summed E-state index contributed by atoms with van der Waals surface area (Å²) >= 11 is 3.48. The first-order valence-electron chi connectivity index (χ1n) is 5.79. The van der Waals surface area contributed by atoms with Crippen LogP contribution < -0.4 is 5.32 Å². The average Bonchev–Trinajstić information content (AvgIpc) is 2.81. The molecule has 3 heteroatoms. The molecule has 0 radical (unpaired) electrons. The van der Waals surface area contributed by atoms with E-state index in [1.807, 2.05) is 7.05 Å². The zero-order valence-corrected chi connectivity index (χ0v) is 11.2. The van der Waals surface area contributed by atoms with Gasteiger partial charge < -0.3 is 10.1 Å². The Kier molecular flexibility index (Phi) is 4.38. The topological polar surface area (TPSA) is 21.3 Å². The molecule has 1 aliphatic heterocycles. The molecule has 1 heterocycles. The Balaban J connectivity index is 2.14. The second kappa shape index (κ2) is 5.80. The van der Waals surface area contributed by atoms with Crippen molar-refractivity contribution >= 4 is 15.9 Å². The number of hydrogen-bond donors (Lipinski definition) is 1. The highest BCUT2D eigenvalue weighted by Gasteiger charge is 2.26. The lowest BCUT2D eigenvalue weighted by Crippen LogP contribution is -2.24. The Morgan fingerprint density at radius 1 is 1.44 bits per heavy atom. The minimum Gasteiger partial charge on any atom is -0.381 e. The highest BCUT2D eigenvalue weighted by Crippen LogP contribution is 2.31. The van der Waals surface area contributed by atoms with Gasteiger partial charge in [-0.05, 0) is 37.1 Å². The Labute approximate surface area is 106 Å². The second-order valence-corrected chi connectivity index (χ2v) is 5.26. The molecule has 1 aromatic rings. The lowest BCUT2D eigenvalue weighted by atomic mass is 9.85. The molecule has 0 spiro atoms. The van der Waals surface area contributed by atoms with Gasteiger partial charge in [-0.2, -0.15) is 0 Å². The smallest absolute Gasteiger partial charge is 0.0501 e.